The Hall–Kier alpha value is -2.35. The maximum atomic E-state index is 11.1. The summed E-state index contributed by atoms with van der Waals surface area (Å²) in [4.78, 5) is 11.1. The molecule has 8 heteroatoms. The van der Waals surface area contributed by atoms with Crippen molar-refractivity contribution in [2.24, 2.45) is 0 Å². The van der Waals surface area contributed by atoms with Gasteiger partial charge in [-0.2, -0.15) is 5.10 Å². The number of carbonyl (C=O) groups is 1. The van der Waals surface area contributed by atoms with Gasteiger partial charge in [-0.25, -0.2) is 4.68 Å². The Kier molecular flexibility index (Phi) is 4.72. The van der Waals surface area contributed by atoms with Gasteiger partial charge in [0.2, 0.25) is 0 Å². The van der Waals surface area contributed by atoms with Gasteiger partial charge in [-0.15, -0.1) is 0 Å². The zero-order chi connectivity index (χ0) is 21.0. The van der Waals surface area contributed by atoms with Gasteiger partial charge < -0.3 is 14.0 Å². The highest BCUT2D eigenvalue weighted by Gasteiger charge is 2.51. The Bertz CT molecular complexity index is 1080. The second-order valence-electron chi connectivity index (χ2n) is 8.19. The third-order valence-corrected chi connectivity index (χ3v) is 5.76. The normalized spacial score (nSPS) is 17.7. The third-order valence-electron chi connectivity index (χ3n) is 5.47. The minimum atomic E-state index is -0.492. The fourth-order valence-electron chi connectivity index (χ4n) is 3.19. The van der Waals surface area contributed by atoms with Crippen LogP contribution in [-0.4, -0.2) is 34.1 Å². The Morgan fingerprint density at radius 2 is 1.72 bits per heavy atom. The molecule has 1 saturated heterocycles. The van der Waals surface area contributed by atoms with Crippen molar-refractivity contribution in [3.8, 4) is 11.4 Å². The number of benzene rings is 2. The molecule has 0 bridgehead atoms. The van der Waals surface area contributed by atoms with Crippen LogP contribution in [0.5, 0.6) is 5.75 Å². The maximum Gasteiger partial charge on any atom is 0.494 e. The van der Waals surface area contributed by atoms with E-state index in [4.69, 9.17) is 25.6 Å². The van der Waals surface area contributed by atoms with Crippen LogP contribution in [0.25, 0.3) is 16.6 Å². The van der Waals surface area contributed by atoms with E-state index in [0.29, 0.717) is 16.3 Å². The van der Waals surface area contributed by atoms with Gasteiger partial charge in [0.25, 0.3) is 0 Å². The molecular weight excluding hydrogens is 391 g/mol. The first kappa shape index (κ1) is 19.9. The lowest BCUT2D eigenvalue weighted by atomic mass is 9.78. The summed E-state index contributed by atoms with van der Waals surface area (Å²) in [5.41, 5.74) is 1.52. The molecule has 0 unspecified atom stereocenters. The Labute approximate surface area is 174 Å². The lowest BCUT2D eigenvalue weighted by Gasteiger charge is -2.32. The number of esters is 1. The van der Waals surface area contributed by atoms with Crippen molar-refractivity contribution in [1.29, 1.82) is 0 Å². The molecule has 0 aliphatic carbocycles. The average molecular weight is 413 g/mol. The lowest BCUT2D eigenvalue weighted by Crippen LogP contribution is -2.41. The SMILES string of the molecule is CC(=O)Oc1ccc(-n2cc3cc(B4OC(C)(C)C(C)(C)O4)cc(Cl)c3n2)cc1. The van der Waals surface area contributed by atoms with Gasteiger partial charge >= 0.3 is 13.1 Å². The molecule has 4 rings (SSSR count). The molecule has 150 valence electrons. The molecule has 2 aromatic carbocycles. The number of nitrogens with zero attached hydrogens (tertiary/aromatic N) is 2. The summed E-state index contributed by atoms with van der Waals surface area (Å²) >= 11 is 6.52. The first-order valence-corrected chi connectivity index (χ1v) is 9.77. The van der Waals surface area contributed by atoms with Gasteiger partial charge in [-0.05, 0) is 63.5 Å². The van der Waals surface area contributed by atoms with E-state index in [0.717, 1.165) is 16.5 Å². The number of carbonyl (C=O) groups excluding carboxylic acids is 1. The summed E-state index contributed by atoms with van der Waals surface area (Å²) in [5.74, 6) is 0.128. The monoisotopic (exact) mass is 412 g/mol. The molecule has 2 heterocycles. The van der Waals surface area contributed by atoms with Crippen molar-refractivity contribution in [3.05, 3.63) is 47.6 Å². The minimum Gasteiger partial charge on any atom is -0.427 e. The number of rotatable bonds is 3. The van der Waals surface area contributed by atoms with Crippen molar-refractivity contribution < 1.29 is 18.8 Å². The van der Waals surface area contributed by atoms with Crippen LogP contribution in [0.3, 0.4) is 0 Å². The van der Waals surface area contributed by atoms with E-state index in [9.17, 15) is 4.79 Å². The van der Waals surface area contributed by atoms with E-state index in [-0.39, 0.29) is 5.97 Å². The summed E-state index contributed by atoms with van der Waals surface area (Å²) in [6.07, 6.45) is 1.90. The number of hydrogen-bond acceptors (Lipinski definition) is 5. The highest BCUT2D eigenvalue weighted by atomic mass is 35.5. The second-order valence-corrected chi connectivity index (χ2v) is 8.60. The number of hydrogen-bond donors (Lipinski definition) is 0. The Balaban J connectivity index is 1.67. The first-order chi connectivity index (χ1) is 13.6. The maximum absolute atomic E-state index is 11.1. The van der Waals surface area contributed by atoms with Gasteiger partial charge in [0.1, 0.15) is 11.3 Å². The van der Waals surface area contributed by atoms with Crippen LogP contribution in [0.2, 0.25) is 5.02 Å². The molecule has 0 amide bonds. The van der Waals surface area contributed by atoms with Gasteiger partial charge in [-0.1, -0.05) is 17.7 Å². The van der Waals surface area contributed by atoms with Gasteiger partial charge in [0.05, 0.1) is 21.9 Å². The first-order valence-electron chi connectivity index (χ1n) is 9.39. The molecule has 0 saturated carbocycles. The van der Waals surface area contributed by atoms with Crippen LogP contribution >= 0.6 is 11.6 Å². The summed E-state index contributed by atoms with van der Waals surface area (Å²) in [6, 6.07) is 10.9. The van der Waals surface area contributed by atoms with Gasteiger partial charge in [0.15, 0.2) is 0 Å². The van der Waals surface area contributed by atoms with E-state index in [2.05, 4.69) is 5.10 Å². The standard InChI is InChI=1S/C21H22BClN2O4/c1-13(26)27-17-8-6-16(7-9-17)25-12-14-10-15(11-18(23)19(14)24-25)22-28-20(2,3)21(4,5)29-22/h6-12H,1-5H3. The molecule has 0 N–H and O–H groups in total. The molecule has 1 fully saturated rings. The predicted molar refractivity (Wildman–Crippen MR) is 113 cm³/mol. The molecule has 0 atom stereocenters. The van der Waals surface area contributed by atoms with Crippen molar-refractivity contribution in [1.82, 2.24) is 9.78 Å². The number of halogens is 1. The molecule has 3 aromatic rings. The fraction of sp³-hybridized carbons (Fsp3) is 0.333. The number of aromatic nitrogens is 2. The topological polar surface area (TPSA) is 62.6 Å². The van der Waals surface area contributed by atoms with Crippen LogP contribution in [-0.2, 0) is 14.1 Å². The largest absolute Gasteiger partial charge is 0.494 e. The fourth-order valence-corrected chi connectivity index (χ4v) is 3.47. The summed E-state index contributed by atoms with van der Waals surface area (Å²) in [6.45, 7) is 9.44. The lowest BCUT2D eigenvalue weighted by molar-refractivity contribution is -0.131. The van der Waals surface area contributed by atoms with Crippen LogP contribution in [0.1, 0.15) is 34.6 Å². The van der Waals surface area contributed by atoms with E-state index < -0.39 is 18.3 Å². The van der Waals surface area contributed by atoms with Crippen LogP contribution in [0.4, 0.5) is 0 Å². The molecule has 1 aliphatic heterocycles. The predicted octanol–water partition coefficient (Wildman–Crippen LogP) is 3.90. The zero-order valence-electron chi connectivity index (χ0n) is 17.0. The summed E-state index contributed by atoms with van der Waals surface area (Å²) < 4.78 is 19.1. The third kappa shape index (κ3) is 3.66. The molecule has 0 spiro atoms. The van der Waals surface area contributed by atoms with Crippen molar-refractivity contribution >= 4 is 41.1 Å². The van der Waals surface area contributed by atoms with E-state index in [1.54, 1.807) is 16.8 Å². The molecule has 6 nitrogen and oxygen atoms in total. The van der Waals surface area contributed by atoms with Gasteiger partial charge in [0, 0.05) is 18.5 Å². The van der Waals surface area contributed by atoms with E-state index >= 15 is 0 Å². The van der Waals surface area contributed by atoms with E-state index in [1.165, 1.54) is 6.92 Å². The summed E-state index contributed by atoms with van der Waals surface area (Å²) in [7, 11) is -0.492. The molecule has 29 heavy (non-hydrogen) atoms. The molecule has 1 aromatic heterocycles. The van der Waals surface area contributed by atoms with E-state index in [1.807, 2.05) is 58.2 Å². The van der Waals surface area contributed by atoms with Crippen molar-refractivity contribution in [2.45, 2.75) is 45.8 Å². The highest BCUT2D eigenvalue weighted by molar-refractivity contribution is 6.63. The quantitative estimate of drug-likeness (QED) is 0.371. The Morgan fingerprint density at radius 1 is 1.10 bits per heavy atom. The van der Waals surface area contributed by atoms with Crippen molar-refractivity contribution in [2.75, 3.05) is 0 Å². The smallest absolute Gasteiger partial charge is 0.427 e. The van der Waals surface area contributed by atoms with Crippen LogP contribution in [0.15, 0.2) is 42.6 Å². The van der Waals surface area contributed by atoms with Crippen LogP contribution < -0.4 is 10.2 Å². The molecular formula is C21H22BClN2O4. The molecule has 0 radical (unpaired) electrons. The highest BCUT2D eigenvalue weighted by Crippen LogP contribution is 2.37. The number of ether oxygens (including phenoxy) is 1. The van der Waals surface area contributed by atoms with Gasteiger partial charge in [-0.3, -0.25) is 4.79 Å². The average Bonchev–Trinajstić information content (AvgIpc) is 3.14. The minimum absolute atomic E-state index is 0.357. The Morgan fingerprint density at radius 3 is 2.31 bits per heavy atom. The van der Waals surface area contributed by atoms with Crippen molar-refractivity contribution in [3.63, 3.8) is 0 Å². The zero-order valence-corrected chi connectivity index (χ0v) is 17.8. The molecule has 1 aliphatic rings. The second kappa shape index (κ2) is 6.87. The number of fused-ring (bicyclic) bond motifs is 1. The van der Waals surface area contributed by atoms with Crippen LogP contribution in [0, 0.1) is 0 Å². The summed E-state index contributed by atoms with van der Waals surface area (Å²) in [5, 5.41) is 6.00.